The number of nitrogens with one attached hydrogen (secondary N) is 1. The first-order chi connectivity index (χ1) is 15.4. The highest BCUT2D eigenvalue weighted by atomic mass is 16.6. The van der Waals surface area contributed by atoms with Crippen LogP contribution in [-0.2, 0) is 6.54 Å². The quantitative estimate of drug-likeness (QED) is 0.360. The standard InChI is InChI=1S/C22H16N4O6/c1-32-19-7-6-13(12-25-21(28)14-4-2-3-5-15(14)22(25)29)10-16(19)20(27)24-17-8-9-23-11-18(17)26(30)31/h2-11H,12H2,1H3,(H,23,24,27). The van der Waals surface area contributed by atoms with Crippen molar-refractivity contribution in [2.75, 3.05) is 12.4 Å². The third kappa shape index (κ3) is 3.65. The van der Waals surface area contributed by atoms with E-state index >= 15 is 0 Å². The maximum absolute atomic E-state index is 12.9. The molecule has 0 saturated heterocycles. The Bertz CT molecular complexity index is 1240. The van der Waals surface area contributed by atoms with E-state index in [1.54, 1.807) is 30.3 Å². The fraction of sp³-hybridized carbons (Fsp3) is 0.0909. The van der Waals surface area contributed by atoms with E-state index in [9.17, 15) is 24.5 Å². The van der Waals surface area contributed by atoms with Crippen molar-refractivity contribution in [1.82, 2.24) is 9.88 Å². The Kier molecular flexibility index (Phi) is 5.34. The number of nitro groups is 1. The number of hydrogen-bond acceptors (Lipinski definition) is 7. The van der Waals surface area contributed by atoms with Gasteiger partial charge < -0.3 is 10.1 Å². The minimum atomic E-state index is -0.654. The number of anilines is 1. The first kappa shape index (κ1) is 20.7. The van der Waals surface area contributed by atoms with E-state index in [4.69, 9.17) is 4.74 Å². The van der Waals surface area contributed by atoms with Gasteiger partial charge in [-0.25, -0.2) is 0 Å². The monoisotopic (exact) mass is 432 g/mol. The third-order valence-corrected chi connectivity index (χ3v) is 4.97. The van der Waals surface area contributed by atoms with Crippen LogP contribution in [0.3, 0.4) is 0 Å². The molecule has 3 amide bonds. The van der Waals surface area contributed by atoms with Crippen LogP contribution in [0.4, 0.5) is 11.4 Å². The number of amides is 3. The van der Waals surface area contributed by atoms with Crippen molar-refractivity contribution in [2.45, 2.75) is 6.54 Å². The Morgan fingerprint density at radius 2 is 1.81 bits per heavy atom. The van der Waals surface area contributed by atoms with Gasteiger partial charge in [0.05, 0.1) is 35.3 Å². The van der Waals surface area contributed by atoms with Crippen molar-refractivity contribution in [3.63, 3.8) is 0 Å². The molecular weight excluding hydrogens is 416 g/mol. The summed E-state index contributed by atoms with van der Waals surface area (Å²) >= 11 is 0. The van der Waals surface area contributed by atoms with Crippen LogP contribution in [0.1, 0.15) is 36.6 Å². The predicted molar refractivity (Wildman–Crippen MR) is 112 cm³/mol. The van der Waals surface area contributed by atoms with E-state index in [-0.39, 0.29) is 29.2 Å². The molecule has 0 radical (unpaired) electrons. The number of methoxy groups -OCH3 is 1. The Balaban J connectivity index is 1.61. The number of carbonyl (C=O) groups is 3. The highest BCUT2D eigenvalue weighted by Crippen LogP contribution is 2.28. The van der Waals surface area contributed by atoms with Crippen molar-refractivity contribution in [3.8, 4) is 5.75 Å². The van der Waals surface area contributed by atoms with Gasteiger partial charge in [-0.2, -0.15) is 0 Å². The van der Waals surface area contributed by atoms with E-state index in [1.807, 2.05) is 0 Å². The van der Waals surface area contributed by atoms with Crippen molar-refractivity contribution in [1.29, 1.82) is 0 Å². The highest BCUT2D eigenvalue weighted by Gasteiger charge is 2.35. The van der Waals surface area contributed by atoms with Gasteiger partial charge in [0.2, 0.25) is 0 Å². The second-order valence-corrected chi connectivity index (χ2v) is 6.88. The lowest BCUT2D eigenvalue weighted by atomic mass is 10.1. The van der Waals surface area contributed by atoms with Gasteiger partial charge in [0.1, 0.15) is 17.6 Å². The number of nitrogens with zero attached hydrogens (tertiary/aromatic N) is 3. The molecule has 1 aliphatic rings. The average molecular weight is 432 g/mol. The Labute approximate surface area is 181 Å². The van der Waals surface area contributed by atoms with Crippen LogP contribution in [0.25, 0.3) is 0 Å². The highest BCUT2D eigenvalue weighted by molar-refractivity contribution is 6.21. The van der Waals surface area contributed by atoms with Crippen LogP contribution in [0.2, 0.25) is 0 Å². The van der Waals surface area contributed by atoms with Gasteiger partial charge in [0.15, 0.2) is 0 Å². The SMILES string of the molecule is COc1ccc(CN2C(=O)c3ccccc3C2=O)cc1C(=O)Nc1ccncc1[N+](=O)[O-]. The van der Waals surface area contributed by atoms with Gasteiger partial charge in [-0.1, -0.05) is 18.2 Å². The van der Waals surface area contributed by atoms with E-state index < -0.39 is 22.6 Å². The lowest BCUT2D eigenvalue weighted by Gasteiger charge is -2.16. The van der Waals surface area contributed by atoms with Crippen LogP contribution in [0.5, 0.6) is 5.75 Å². The molecular formula is C22H16N4O6. The second kappa shape index (κ2) is 8.26. The lowest BCUT2D eigenvalue weighted by Crippen LogP contribution is -2.29. The Morgan fingerprint density at radius 3 is 2.44 bits per heavy atom. The van der Waals surface area contributed by atoms with Crippen LogP contribution in [0.15, 0.2) is 60.9 Å². The van der Waals surface area contributed by atoms with Crippen LogP contribution in [0, 0.1) is 10.1 Å². The maximum atomic E-state index is 12.9. The van der Waals surface area contributed by atoms with Gasteiger partial charge >= 0.3 is 5.69 Å². The maximum Gasteiger partial charge on any atom is 0.310 e. The summed E-state index contributed by atoms with van der Waals surface area (Å²) in [5.41, 5.74) is 0.871. The molecule has 3 aromatic rings. The Hall–Kier alpha value is -4.60. The predicted octanol–water partition coefficient (Wildman–Crippen LogP) is 3.05. The fourth-order valence-corrected chi connectivity index (χ4v) is 3.42. The van der Waals surface area contributed by atoms with Crippen molar-refractivity contribution >= 4 is 29.1 Å². The third-order valence-electron chi connectivity index (χ3n) is 4.97. The number of carbonyl (C=O) groups excluding carboxylic acids is 3. The molecule has 2 aromatic carbocycles. The number of pyridine rings is 1. The molecule has 0 bridgehead atoms. The number of aromatic nitrogens is 1. The minimum Gasteiger partial charge on any atom is -0.496 e. The summed E-state index contributed by atoms with van der Waals surface area (Å²) < 4.78 is 5.25. The van der Waals surface area contributed by atoms with Crippen molar-refractivity contribution in [2.24, 2.45) is 0 Å². The number of rotatable bonds is 6. The zero-order valence-corrected chi connectivity index (χ0v) is 16.8. The van der Waals surface area contributed by atoms with E-state index in [0.29, 0.717) is 16.7 Å². The summed E-state index contributed by atoms with van der Waals surface area (Å²) in [5.74, 6) is -1.26. The van der Waals surface area contributed by atoms with Gasteiger partial charge in [0.25, 0.3) is 17.7 Å². The zero-order valence-electron chi connectivity index (χ0n) is 16.8. The second-order valence-electron chi connectivity index (χ2n) is 6.88. The van der Waals surface area contributed by atoms with Crippen LogP contribution < -0.4 is 10.1 Å². The number of hydrogen-bond donors (Lipinski definition) is 1. The van der Waals surface area contributed by atoms with Gasteiger partial charge in [-0.3, -0.25) is 34.4 Å². The van der Waals surface area contributed by atoms with Crippen molar-refractivity contribution < 1.29 is 24.0 Å². The summed E-state index contributed by atoms with van der Waals surface area (Å²) in [6.07, 6.45) is 2.35. The number of benzene rings is 2. The van der Waals surface area contributed by atoms with Crippen LogP contribution >= 0.6 is 0 Å². The molecule has 1 aromatic heterocycles. The molecule has 2 heterocycles. The molecule has 160 valence electrons. The number of fused-ring (bicyclic) bond motifs is 1. The van der Waals surface area contributed by atoms with Crippen LogP contribution in [-0.4, -0.2) is 39.6 Å². The number of ether oxygens (including phenoxy) is 1. The van der Waals surface area contributed by atoms with Gasteiger partial charge in [0, 0.05) is 6.20 Å². The summed E-state index contributed by atoms with van der Waals surface area (Å²) in [5, 5.41) is 13.7. The summed E-state index contributed by atoms with van der Waals surface area (Å²) in [6.45, 7) is -0.0496. The molecule has 10 nitrogen and oxygen atoms in total. The molecule has 0 fully saturated rings. The smallest absolute Gasteiger partial charge is 0.310 e. The summed E-state index contributed by atoms with van der Waals surface area (Å²) in [7, 11) is 1.38. The summed E-state index contributed by atoms with van der Waals surface area (Å²) in [4.78, 5) is 53.5. The molecule has 0 unspecified atom stereocenters. The Morgan fingerprint density at radius 1 is 1.12 bits per heavy atom. The molecule has 0 saturated carbocycles. The lowest BCUT2D eigenvalue weighted by molar-refractivity contribution is -0.384. The molecule has 0 spiro atoms. The molecule has 0 atom stereocenters. The van der Waals surface area contributed by atoms with Gasteiger partial charge in [-0.05, 0) is 35.9 Å². The minimum absolute atomic E-state index is 0.0252. The first-order valence-corrected chi connectivity index (χ1v) is 9.42. The largest absolute Gasteiger partial charge is 0.496 e. The van der Waals surface area contributed by atoms with E-state index in [2.05, 4.69) is 10.3 Å². The van der Waals surface area contributed by atoms with E-state index in [1.165, 1.54) is 31.5 Å². The molecule has 10 heteroatoms. The fourth-order valence-electron chi connectivity index (χ4n) is 3.42. The number of imide groups is 1. The molecule has 0 aliphatic carbocycles. The van der Waals surface area contributed by atoms with Crippen molar-refractivity contribution in [3.05, 3.63) is 93.3 Å². The van der Waals surface area contributed by atoms with Gasteiger partial charge in [-0.15, -0.1) is 0 Å². The molecule has 32 heavy (non-hydrogen) atoms. The average Bonchev–Trinajstić information content (AvgIpc) is 3.04. The zero-order chi connectivity index (χ0) is 22.8. The normalized spacial score (nSPS) is 12.5. The first-order valence-electron chi connectivity index (χ1n) is 9.42. The molecule has 1 N–H and O–H groups in total. The van der Waals surface area contributed by atoms with E-state index in [0.717, 1.165) is 11.1 Å². The molecule has 4 rings (SSSR count). The summed E-state index contributed by atoms with van der Waals surface area (Å²) in [6, 6.07) is 12.5. The molecule has 1 aliphatic heterocycles. The topological polar surface area (TPSA) is 132 Å².